The lowest BCUT2D eigenvalue weighted by molar-refractivity contribution is 0.175. The molecule has 1 aromatic carbocycles. The Hall–Kier alpha value is -1.54. The number of aliphatic hydroxyl groups excluding tert-OH is 1. The number of aliphatic hydroxyl groups is 1. The van der Waals surface area contributed by atoms with Gasteiger partial charge in [0.05, 0.1) is 18.6 Å². The van der Waals surface area contributed by atoms with E-state index in [4.69, 9.17) is 4.42 Å². The number of hydrogen-bond acceptors (Lipinski definition) is 2. The molecule has 2 nitrogen and oxygen atoms in total. The third kappa shape index (κ3) is 2.97. The summed E-state index contributed by atoms with van der Waals surface area (Å²) in [6.07, 6.45) is 4.29. The number of aryl methyl sites for hydroxylation is 1. The first-order valence-corrected chi connectivity index (χ1v) is 5.49. The van der Waals surface area contributed by atoms with Gasteiger partial charge >= 0.3 is 0 Å². The molecule has 84 valence electrons. The molecule has 1 aromatic heterocycles. The van der Waals surface area contributed by atoms with Crippen LogP contribution < -0.4 is 0 Å². The average Bonchev–Trinajstić information content (AvgIpc) is 2.74. The second kappa shape index (κ2) is 4.99. The molecule has 0 aliphatic heterocycles. The maximum atomic E-state index is 9.90. The van der Waals surface area contributed by atoms with Crippen molar-refractivity contribution in [3.05, 3.63) is 59.5 Å². The lowest BCUT2D eigenvalue weighted by Crippen LogP contribution is -2.13. The van der Waals surface area contributed by atoms with Gasteiger partial charge < -0.3 is 9.52 Å². The fourth-order valence-corrected chi connectivity index (χ4v) is 1.75. The maximum Gasteiger partial charge on any atom is 0.0935 e. The number of benzene rings is 1. The van der Waals surface area contributed by atoms with Crippen molar-refractivity contribution in [2.45, 2.75) is 25.9 Å². The molecule has 16 heavy (non-hydrogen) atoms. The van der Waals surface area contributed by atoms with Crippen molar-refractivity contribution in [2.24, 2.45) is 0 Å². The fraction of sp³-hybridized carbons (Fsp3) is 0.286. The Kier molecular flexibility index (Phi) is 3.42. The van der Waals surface area contributed by atoms with Gasteiger partial charge in [0.25, 0.3) is 0 Å². The van der Waals surface area contributed by atoms with Gasteiger partial charge in [0, 0.05) is 6.42 Å². The van der Waals surface area contributed by atoms with Crippen molar-refractivity contribution < 1.29 is 9.52 Å². The molecule has 0 radical (unpaired) electrons. The molecule has 0 fully saturated rings. The maximum absolute atomic E-state index is 9.90. The summed E-state index contributed by atoms with van der Waals surface area (Å²) in [4.78, 5) is 0. The highest BCUT2D eigenvalue weighted by atomic mass is 16.3. The molecule has 1 N–H and O–H groups in total. The number of furan rings is 1. The van der Waals surface area contributed by atoms with Crippen molar-refractivity contribution in [1.82, 2.24) is 0 Å². The molecular formula is C14H16O2. The van der Waals surface area contributed by atoms with E-state index in [1.165, 1.54) is 11.1 Å². The van der Waals surface area contributed by atoms with E-state index >= 15 is 0 Å². The van der Waals surface area contributed by atoms with E-state index in [1.54, 1.807) is 12.5 Å². The van der Waals surface area contributed by atoms with Crippen molar-refractivity contribution in [3.63, 3.8) is 0 Å². The molecule has 2 aromatic rings. The Bertz CT molecular complexity index is 415. The van der Waals surface area contributed by atoms with Gasteiger partial charge in [0.15, 0.2) is 0 Å². The zero-order valence-electron chi connectivity index (χ0n) is 9.39. The molecule has 0 saturated carbocycles. The lowest BCUT2D eigenvalue weighted by atomic mass is 10.0. The largest absolute Gasteiger partial charge is 0.472 e. The molecule has 2 heteroatoms. The highest BCUT2D eigenvalue weighted by Gasteiger charge is 2.07. The summed E-state index contributed by atoms with van der Waals surface area (Å²) in [5, 5.41) is 9.90. The quantitative estimate of drug-likeness (QED) is 0.852. The average molecular weight is 216 g/mol. The van der Waals surface area contributed by atoms with Crippen LogP contribution in [-0.4, -0.2) is 11.2 Å². The van der Waals surface area contributed by atoms with Crippen molar-refractivity contribution in [3.8, 4) is 0 Å². The van der Waals surface area contributed by atoms with E-state index in [-0.39, 0.29) is 6.10 Å². The molecule has 1 heterocycles. The second-order valence-corrected chi connectivity index (χ2v) is 4.18. The Morgan fingerprint density at radius 2 is 1.75 bits per heavy atom. The Morgan fingerprint density at radius 1 is 1.06 bits per heavy atom. The predicted molar refractivity (Wildman–Crippen MR) is 63.3 cm³/mol. The van der Waals surface area contributed by atoms with Gasteiger partial charge in [-0.05, 0) is 30.5 Å². The molecular weight excluding hydrogens is 200 g/mol. The SMILES string of the molecule is Cc1ccc(CC(O)Cc2ccoc2)cc1. The van der Waals surface area contributed by atoms with Gasteiger partial charge in [0.2, 0.25) is 0 Å². The molecule has 0 spiro atoms. The molecule has 0 bridgehead atoms. The van der Waals surface area contributed by atoms with Crippen LogP contribution in [-0.2, 0) is 12.8 Å². The first-order valence-electron chi connectivity index (χ1n) is 5.49. The zero-order valence-corrected chi connectivity index (χ0v) is 9.39. The summed E-state index contributed by atoms with van der Waals surface area (Å²) in [7, 11) is 0. The van der Waals surface area contributed by atoms with Gasteiger partial charge in [-0.1, -0.05) is 29.8 Å². The topological polar surface area (TPSA) is 33.4 Å². The van der Waals surface area contributed by atoms with Crippen LogP contribution in [0, 0.1) is 6.92 Å². The van der Waals surface area contributed by atoms with Gasteiger partial charge in [0.1, 0.15) is 0 Å². The minimum atomic E-state index is -0.347. The van der Waals surface area contributed by atoms with Crippen LogP contribution in [0.1, 0.15) is 16.7 Å². The van der Waals surface area contributed by atoms with Gasteiger partial charge in [-0.25, -0.2) is 0 Å². The van der Waals surface area contributed by atoms with E-state index in [2.05, 4.69) is 31.2 Å². The van der Waals surface area contributed by atoms with Crippen LogP contribution in [0.3, 0.4) is 0 Å². The van der Waals surface area contributed by atoms with E-state index in [9.17, 15) is 5.11 Å². The molecule has 0 saturated heterocycles. The number of rotatable bonds is 4. The summed E-state index contributed by atoms with van der Waals surface area (Å²) in [6.45, 7) is 2.06. The normalized spacial score (nSPS) is 12.6. The van der Waals surface area contributed by atoms with Crippen LogP contribution in [0.2, 0.25) is 0 Å². The Balaban J connectivity index is 1.92. The zero-order chi connectivity index (χ0) is 11.4. The van der Waals surface area contributed by atoms with Crippen molar-refractivity contribution >= 4 is 0 Å². The van der Waals surface area contributed by atoms with Crippen LogP contribution >= 0.6 is 0 Å². The summed E-state index contributed by atoms with van der Waals surface area (Å²) in [5.41, 5.74) is 3.45. The minimum Gasteiger partial charge on any atom is -0.472 e. The first kappa shape index (κ1) is 11.0. The van der Waals surface area contributed by atoms with Gasteiger partial charge in [-0.15, -0.1) is 0 Å². The summed E-state index contributed by atoms with van der Waals surface area (Å²) in [6, 6.07) is 10.2. The molecule has 0 amide bonds. The summed E-state index contributed by atoms with van der Waals surface area (Å²) in [5.74, 6) is 0. The van der Waals surface area contributed by atoms with E-state index in [0.29, 0.717) is 12.8 Å². The van der Waals surface area contributed by atoms with Crippen LogP contribution in [0.15, 0.2) is 47.3 Å². The fourth-order valence-electron chi connectivity index (χ4n) is 1.75. The second-order valence-electron chi connectivity index (χ2n) is 4.18. The molecule has 2 rings (SSSR count). The first-order chi connectivity index (χ1) is 7.74. The summed E-state index contributed by atoms with van der Waals surface area (Å²) >= 11 is 0. The van der Waals surface area contributed by atoms with E-state index in [0.717, 1.165) is 5.56 Å². The highest BCUT2D eigenvalue weighted by Crippen LogP contribution is 2.10. The predicted octanol–water partition coefficient (Wildman–Crippen LogP) is 2.73. The van der Waals surface area contributed by atoms with Crippen molar-refractivity contribution in [1.29, 1.82) is 0 Å². The van der Waals surface area contributed by atoms with E-state index in [1.807, 2.05) is 6.07 Å². The van der Waals surface area contributed by atoms with E-state index < -0.39 is 0 Å². The smallest absolute Gasteiger partial charge is 0.0935 e. The van der Waals surface area contributed by atoms with Crippen LogP contribution in [0.5, 0.6) is 0 Å². The van der Waals surface area contributed by atoms with Gasteiger partial charge in [-0.3, -0.25) is 0 Å². The minimum absolute atomic E-state index is 0.347. The third-order valence-electron chi connectivity index (χ3n) is 2.64. The Labute approximate surface area is 95.5 Å². The number of hydrogen-bond donors (Lipinski definition) is 1. The highest BCUT2D eigenvalue weighted by molar-refractivity contribution is 5.22. The summed E-state index contributed by atoms with van der Waals surface area (Å²) < 4.78 is 4.97. The molecule has 1 atom stereocenters. The third-order valence-corrected chi connectivity index (χ3v) is 2.64. The standard InChI is InChI=1S/C14H16O2/c1-11-2-4-12(5-3-11)8-14(15)9-13-6-7-16-10-13/h2-7,10,14-15H,8-9H2,1H3. The molecule has 1 unspecified atom stereocenters. The van der Waals surface area contributed by atoms with Crippen molar-refractivity contribution in [2.75, 3.05) is 0 Å². The monoisotopic (exact) mass is 216 g/mol. The lowest BCUT2D eigenvalue weighted by Gasteiger charge is -2.09. The van der Waals surface area contributed by atoms with Gasteiger partial charge in [-0.2, -0.15) is 0 Å². The molecule has 0 aliphatic carbocycles. The molecule has 0 aliphatic rings. The van der Waals surface area contributed by atoms with Crippen LogP contribution in [0.25, 0.3) is 0 Å². The Morgan fingerprint density at radius 3 is 2.38 bits per heavy atom. The van der Waals surface area contributed by atoms with Crippen LogP contribution in [0.4, 0.5) is 0 Å².